The molecule has 1 aromatic carbocycles. The van der Waals surface area contributed by atoms with E-state index in [9.17, 15) is 5.21 Å². The van der Waals surface area contributed by atoms with Crippen LogP contribution in [0.4, 0.5) is 0 Å². The van der Waals surface area contributed by atoms with Gasteiger partial charge in [0, 0.05) is 11.9 Å². The Morgan fingerprint density at radius 3 is 2.57 bits per heavy atom. The largest absolute Gasteiger partial charge is 0.494 e. The van der Waals surface area contributed by atoms with Gasteiger partial charge >= 0.3 is 0 Å². The summed E-state index contributed by atoms with van der Waals surface area (Å²) in [5.41, 5.74) is 2.81. The van der Waals surface area contributed by atoms with E-state index < -0.39 is 0 Å². The first-order valence-corrected chi connectivity index (χ1v) is 7.89. The van der Waals surface area contributed by atoms with Crippen molar-refractivity contribution in [3.8, 4) is 5.75 Å². The summed E-state index contributed by atoms with van der Waals surface area (Å²) in [6, 6.07) is 7.70. The number of H-pyrrole nitrogens is 1. The second kappa shape index (κ2) is 7.81. The Morgan fingerprint density at radius 1 is 1.26 bits per heavy atom. The van der Waals surface area contributed by atoms with Gasteiger partial charge in [0.15, 0.2) is 0 Å². The molecule has 1 heterocycles. The van der Waals surface area contributed by atoms with Crippen molar-refractivity contribution in [2.45, 2.75) is 40.0 Å². The predicted molar refractivity (Wildman–Crippen MR) is 91.2 cm³/mol. The molecule has 0 radical (unpaired) electrons. The van der Waals surface area contributed by atoms with Crippen molar-refractivity contribution in [3.63, 3.8) is 0 Å². The molecule has 5 heteroatoms. The Hall–Kier alpha value is -2.30. The van der Waals surface area contributed by atoms with Gasteiger partial charge in [-0.05, 0) is 54.5 Å². The Kier molecular flexibility index (Phi) is 5.79. The molecule has 0 unspecified atom stereocenters. The van der Waals surface area contributed by atoms with Crippen LogP contribution in [-0.4, -0.2) is 27.5 Å². The fourth-order valence-electron chi connectivity index (χ4n) is 2.32. The minimum Gasteiger partial charge on any atom is -0.494 e. The molecule has 124 valence electrons. The van der Waals surface area contributed by atoms with Gasteiger partial charge in [-0.2, -0.15) is 0 Å². The van der Waals surface area contributed by atoms with Crippen molar-refractivity contribution in [1.82, 2.24) is 9.97 Å². The van der Waals surface area contributed by atoms with Crippen LogP contribution in [0, 0.1) is 5.41 Å². The van der Waals surface area contributed by atoms with Gasteiger partial charge < -0.3 is 14.9 Å². The highest BCUT2D eigenvalue weighted by Crippen LogP contribution is 2.23. The number of imidazole rings is 1. The maximum atomic E-state index is 9.22. The fraction of sp³-hybridized carbons (Fsp3) is 0.444. The van der Waals surface area contributed by atoms with Crippen LogP contribution in [0.5, 0.6) is 5.75 Å². The van der Waals surface area contributed by atoms with Gasteiger partial charge in [0.2, 0.25) is 0 Å². The number of hydrogen-bond acceptors (Lipinski definition) is 4. The highest BCUT2D eigenvalue weighted by atomic mass is 16.5. The van der Waals surface area contributed by atoms with Crippen LogP contribution in [0.2, 0.25) is 0 Å². The Balaban J connectivity index is 1.84. The molecule has 5 nitrogen and oxygen atoms in total. The Bertz CT molecular complexity index is 611. The zero-order valence-electron chi connectivity index (χ0n) is 14.0. The molecule has 0 aliphatic carbocycles. The lowest BCUT2D eigenvalue weighted by molar-refractivity contribution is 0.310. The third-order valence-corrected chi connectivity index (χ3v) is 3.42. The molecule has 2 rings (SSSR count). The van der Waals surface area contributed by atoms with E-state index in [2.05, 4.69) is 35.9 Å². The minimum absolute atomic E-state index is 0.0728. The molecule has 0 fully saturated rings. The van der Waals surface area contributed by atoms with Crippen molar-refractivity contribution < 1.29 is 9.94 Å². The lowest BCUT2D eigenvalue weighted by Crippen LogP contribution is -2.14. The molecule has 0 saturated carbocycles. The minimum atomic E-state index is 0.0728. The summed E-state index contributed by atoms with van der Waals surface area (Å²) >= 11 is 0. The third-order valence-electron chi connectivity index (χ3n) is 3.42. The summed E-state index contributed by atoms with van der Waals surface area (Å²) in [7, 11) is 0. The van der Waals surface area contributed by atoms with E-state index in [4.69, 9.17) is 4.74 Å². The first-order valence-electron chi connectivity index (χ1n) is 7.89. The lowest BCUT2D eigenvalue weighted by Gasteiger charge is -2.18. The predicted octanol–water partition coefficient (Wildman–Crippen LogP) is 4.04. The molecule has 0 saturated heterocycles. The first-order chi connectivity index (χ1) is 11.0. The number of hydrogen-bond donors (Lipinski definition) is 2. The zero-order chi connectivity index (χ0) is 16.7. The van der Waals surface area contributed by atoms with Crippen molar-refractivity contribution in [1.29, 1.82) is 0 Å². The first kappa shape index (κ1) is 17.1. The average Bonchev–Trinajstić information content (AvgIpc) is 3.02. The highest BCUT2D eigenvalue weighted by molar-refractivity contribution is 6.00. The third kappa shape index (κ3) is 5.77. The molecule has 0 atom stereocenters. The van der Waals surface area contributed by atoms with Crippen LogP contribution in [-0.2, 0) is 6.42 Å². The van der Waals surface area contributed by atoms with E-state index >= 15 is 0 Å². The van der Waals surface area contributed by atoms with E-state index in [0.29, 0.717) is 18.7 Å². The fourth-order valence-corrected chi connectivity index (χ4v) is 2.32. The monoisotopic (exact) mass is 315 g/mol. The number of rotatable bonds is 7. The molecule has 0 amide bonds. The van der Waals surface area contributed by atoms with Crippen molar-refractivity contribution in [3.05, 3.63) is 48.0 Å². The summed E-state index contributed by atoms with van der Waals surface area (Å²) < 4.78 is 5.74. The normalized spacial score (nSPS) is 12.4. The second-order valence-corrected chi connectivity index (χ2v) is 6.84. The SMILES string of the molecule is CC(C)(C)C/C(=N/O)c1ccc(OCCCc2cnc[nH]2)cc1. The van der Waals surface area contributed by atoms with E-state index in [0.717, 1.165) is 29.8 Å². The highest BCUT2D eigenvalue weighted by Gasteiger charge is 2.16. The standard InChI is InChI=1S/C18H25N3O2/c1-18(2,3)11-17(21-22)14-6-8-16(9-7-14)23-10-4-5-15-12-19-13-20-15/h6-9,12-13,22H,4-5,10-11H2,1-3H3,(H,19,20)/b21-17-. The summed E-state index contributed by atoms with van der Waals surface area (Å²) in [5, 5.41) is 12.7. The second-order valence-electron chi connectivity index (χ2n) is 6.84. The van der Waals surface area contributed by atoms with Gasteiger partial charge in [0.1, 0.15) is 5.75 Å². The van der Waals surface area contributed by atoms with E-state index in [1.54, 1.807) is 6.33 Å². The van der Waals surface area contributed by atoms with Gasteiger partial charge in [-0.25, -0.2) is 4.98 Å². The van der Waals surface area contributed by atoms with Crippen LogP contribution in [0.1, 0.15) is 44.9 Å². The number of aromatic amines is 1. The van der Waals surface area contributed by atoms with Crippen LogP contribution < -0.4 is 4.74 Å². The zero-order valence-corrected chi connectivity index (χ0v) is 14.0. The van der Waals surface area contributed by atoms with Crippen molar-refractivity contribution >= 4 is 5.71 Å². The van der Waals surface area contributed by atoms with Gasteiger partial charge in [-0.3, -0.25) is 0 Å². The molecular formula is C18H25N3O2. The number of nitrogens with one attached hydrogen (secondary N) is 1. The lowest BCUT2D eigenvalue weighted by atomic mass is 9.87. The molecule has 1 aromatic heterocycles. The maximum absolute atomic E-state index is 9.22. The molecule has 23 heavy (non-hydrogen) atoms. The average molecular weight is 315 g/mol. The van der Waals surface area contributed by atoms with Crippen LogP contribution in [0.3, 0.4) is 0 Å². The van der Waals surface area contributed by atoms with Crippen LogP contribution >= 0.6 is 0 Å². The van der Waals surface area contributed by atoms with E-state index in [-0.39, 0.29) is 5.41 Å². The van der Waals surface area contributed by atoms with Gasteiger partial charge in [0.25, 0.3) is 0 Å². The number of aryl methyl sites for hydroxylation is 1. The van der Waals surface area contributed by atoms with E-state index in [1.807, 2.05) is 30.5 Å². The van der Waals surface area contributed by atoms with E-state index in [1.165, 1.54) is 0 Å². The molecule has 0 aliphatic heterocycles. The summed E-state index contributed by atoms with van der Waals surface area (Å²) in [4.78, 5) is 7.07. The molecule has 0 spiro atoms. The van der Waals surface area contributed by atoms with Crippen LogP contribution in [0.25, 0.3) is 0 Å². The Morgan fingerprint density at radius 2 is 2.00 bits per heavy atom. The van der Waals surface area contributed by atoms with Crippen molar-refractivity contribution in [2.24, 2.45) is 10.6 Å². The van der Waals surface area contributed by atoms with Crippen LogP contribution in [0.15, 0.2) is 41.9 Å². The topological polar surface area (TPSA) is 70.5 Å². The number of nitrogens with zero attached hydrogens (tertiary/aromatic N) is 2. The summed E-state index contributed by atoms with van der Waals surface area (Å²) in [6.07, 6.45) is 6.09. The molecule has 2 aromatic rings. The summed E-state index contributed by atoms with van der Waals surface area (Å²) in [6.45, 7) is 7.02. The number of aromatic nitrogens is 2. The number of ether oxygens (including phenoxy) is 1. The van der Waals surface area contributed by atoms with Gasteiger partial charge in [-0.1, -0.05) is 25.9 Å². The quantitative estimate of drug-likeness (QED) is 0.351. The smallest absolute Gasteiger partial charge is 0.119 e. The maximum Gasteiger partial charge on any atom is 0.119 e. The molecular weight excluding hydrogens is 290 g/mol. The summed E-state index contributed by atoms with van der Waals surface area (Å²) in [5.74, 6) is 0.825. The van der Waals surface area contributed by atoms with Gasteiger partial charge in [0.05, 0.1) is 18.6 Å². The molecule has 0 aliphatic rings. The number of oxime groups is 1. The van der Waals surface area contributed by atoms with Crippen molar-refractivity contribution in [2.75, 3.05) is 6.61 Å². The molecule has 2 N–H and O–H groups in total. The van der Waals surface area contributed by atoms with Gasteiger partial charge in [-0.15, -0.1) is 0 Å². The number of benzene rings is 1. The Labute approximate surface area is 137 Å². The molecule has 0 bridgehead atoms.